The van der Waals surface area contributed by atoms with Crippen molar-refractivity contribution in [3.05, 3.63) is 52.7 Å². The van der Waals surface area contributed by atoms with Gasteiger partial charge in [-0.2, -0.15) is 18.4 Å². The Hall–Kier alpha value is -2.68. The van der Waals surface area contributed by atoms with Gasteiger partial charge in [0.05, 0.1) is 16.3 Å². The summed E-state index contributed by atoms with van der Waals surface area (Å²) < 4.78 is 57.9. The number of ether oxygens (including phenoxy) is 1. The molecule has 0 N–H and O–H groups in total. The SMILES string of the molecule is Cc1c(-c2c(F)cccc2F)nnn1-c1nc(OC(F)F)ccc1Cl. The van der Waals surface area contributed by atoms with Crippen molar-refractivity contribution in [2.75, 3.05) is 0 Å². The first kappa shape index (κ1) is 17.2. The normalized spacial score (nSPS) is 11.2. The van der Waals surface area contributed by atoms with Crippen LogP contribution in [0.15, 0.2) is 30.3 Å². The summed E-state index contributed by atoms with van der Waals surface area (Å²) in [6.45, 7) is -1.58. The number of nitrogens with zero attached hydrogens (tertiary/aromatic N) is 4. The van der Waals surface area contributed by atoms with Crippen molar-refractivity contribution in [3.63, 3.8) is 0 Å². The molecule has 5 nitrogen and oxygen atoms in total. The molecule has 0 amide bonds. The fourth-order valence-electron chi connectivity index (χ4n) is 2.20. The summed E-state index contributed by atoms with van der Waals surface area (Å²) >= 11 is 6.01. The van der Waals surface area contributed by atoms with Gasteiger partial charge in [-0.3, -0.25) is 0 Å². The van der Waals surface area contributed by atoms with E-state index >= 15 is 0 Å². The Morgan fingerprint density at radius 1 is 1.12 bits per heavy atom. The lowest BCUT2D eigenvalue weighted by Gasteiger charge is -2.09. The minimum atomic E-state index is -3.07. The topological polar surface area (TPSA) is 52.8 Å². The molecule has 2 heterocycles. The van der Waals surface area contributed by atoms with Crippen molar-refractivity contribution < 1.29 is 22.3 Å². The molecular formula is C15H9ClF4N4O. The third-order valence-electron chi connectivity index (χ3n) is 3.31. The molecular weight excluding hydrogens is 364 g/mol. The van der Waals surface area contributed by atoms with Crippen LogP contribution >= 0.6 is 11.6 Å². The van der Waals surface area contributed by atoms with Gasteiger partial charge in [-0.15, -0.1) is 5.10 Å². The van der Waals surface area contributed by atoms with E-state index in [2.05, 4.69) is 20.0 Å². The number of halogens is 5. The standard InChI is InChI=1S/C15H9ClF4N4O/c1-7-13(12-9(17)3-2-4-10(12)18)22-23-24(7)14-8(16)5-6-11(21-14)25-15(19)20/h2-6,15H,1H3. The van der Waals surface area contributed by atoms with E-state index in [1.165, 1.54) is 19.1 Å². The smallest absolute Gasteiger partial charge is 0.388 e. The Balaban J connectivity index is 2.11. The van der Waals surface area contributed by atoms with E-state index in [0.29, 0.717) is 0 Å². The van der Waals surface area contributed by atoms with Crippen LogP contribution in [-0.2, 0) is 0 Å². The Labute approximate surface area is 143 Å². The van der Waals surface area contributed by atoms with E-state index in [4.69, 9.17) is 11.6 Å². The van der Waals surface area contributed by atoms with Crippen molar-refractivity contribution in [1.29, 1.82) is 0 Å². The second-order valence-electron chi connectivity index (χ2n) is 4.87. The van der Waals surface area contributed by atoms with Gasteiger partial charge in [0.25, 0.3) is 0 Å². The van der Waals surface area contributed by atoms with Crippen molar-refractivity contribution in [1.82, 2.24) is 20.0 Å². The van der Waals surface area contributed by atoms with E-state index in [-0.39, 0.29) is 33.7 Å². The van der Waals surface area contributed by atoms with Crippen LogP contribution in [0.1, 0.15) is 5.69 Å². The molecule has 0 bridgehead atoms. The first-order valence-corrected chi connectivity index (χ1v) is 7.24. The largest absolute Gasteiger partial charge is 0.417 e. The van der Waals surface area contributed by atoms with Gasteiger partial charge in [0.15, 0.2) is 5.82 Å². The Morgan fingerprint density at radius 3 is 2.44 bits per heavy atom. The second-order valence-corrected chi connectivity index (χ2v) is 5.27. The maximum Gasteiger partial charge on any atom is 0.388 e. The highest BCUT2D eigenvalue weighted by Crippen LogP contribution is 2.29. The summed E-state index contributed by atoms with van der Waals surface area (Å²) in [4.78, 5) is 3.83. The fourth-order valence-corrected chi connectivity index (χ4v) is 2.39. The number of rotatable bonds is 4. The van der Waals surface area contributed by atoms with Gasteiger partial charge >= 0.3 is 6.61 Å². The summed E-state index contributed by atoms with van der Waals surface area (Å²) in [6.07, 6.45) is 0. The van der Waals surface area contributed by atoms with Crippen LogP contribution in [0.3, 0.4) is 0 Å². The zero-order valence-electron chi connectivity index (χ0n) is 12.6. The monoisotopic (exact) mass is 372 g/mol. The van der Waals surface area contributed by atoms with Crippen LogP contribution in [0.4, 0.5) is 17.6 Å². The molecule has 0 atom stereocenters. The lowest BCUT2D eigenvalue weighted by Crippen LogP contribution is -2.08. The molecule has 2 aromatic heterocycles. The molecule has 0 aliphatic heterocycles. The first-order chi connectivity index (χ1) is 11.9. The molecule has 0 aliphatic carbocycles. The van der Waals surface area contributed by atoms with Gasteiger partial charge in [0.2, 0.25) is 5.88 Å². The van der Waals surface area contributed by atoms with Crippen molar-refractivity contribution in [2.45, 2.75) is 13.5 Å². The number of alkyl halides is 2. The molecule has 0 saturated heterocycles. The van der Waals surface area contributed by atoms with E-state index in [0.717, 1.165) is 22.9 Å². The van der Waals surface area contributed by atoms with Crippen molar-refractivity contribution >= 4 is 11.6 Å². The highest BCUT2D eigenvalue weighted by molar-refractivity contribution is 6.32. The summed E-state index contributed by atoms with van der Waals surface area (Å²) in [5.41, 5.74) is -0.205. The van der Waals surface area contributed by atoms with Crippen LogP contribution in [0.2, 0.25) is 5.02 Å². The molecule has 0 spiro atoms. The predicted molar refractivity (Wildman–Crippen MR) is 80.9 cm³/mol. The molecule has 130 valence electrons. The number of aromatic nitrogens is 4. The van der Waals surface area contributed by atoms with Gasteiger partial charge in [0.1, 0.15) is 17.3 Å². The maximum absolute atomic E-state index is 14.0. The van der Waals surface area contributed by atoms with Gasteiger partial charge in [-0.05, 0) is 25.1 Å². The summed E-state index contributed by atoms with van der Waals surface area (Å²) in [7, 11) is 0. The van der Waals surface area contributed by atoms with Crippen LogP contribution in [0.25, 0.3) is 17.1 Å². The molecule has 0 radical (unpaired) electrons. The molecule has 25 heavy (non-hydrogen) atoms. The number of pyridine rings is 1. The quantitative estimate of drug-likeness (QED) is 0.645. The number of hydrogen-bond acceptors (Lipinski definition) is 4. The Bertz CT molecular complexity index is 912. The first-order valence-electron chi connectivity index (χ1n) is 6.87. The zero-order valence-corrected chi connectivity index (χ0v) is 13.3. The fraction of sp³-hybridized carbons (Fsp3) is 0.133. The van der Waals surface area contributed by atoms with E-state index < -0.39 is 18.2 Å². The molecule has 0 unspecified atom stereocenters. The minimum Gasteiger partial charge on any atom is -0.417 e. The van der Waals surface area contributed by atoms with E-state index in [1.54, 1.807) is 0 Å². The van der Waals surface area contributed by atoms with Crippen LogP contribution < -0.4 is 4.74 Å². The van der Waals surface area contributed by atoms with Crippen LogP contribution in [-0.4, -0.2) is 26.6 Å². The summed E-state index contributed by atoms with van der Waals surface area (Å²) in [5, 5.41) is 7.60. The molecule has 0 saturated carbocycles. The average Bonchev–Trinajstić information content (AvgIpc) is 2.90. The van der Waals surface area contributed by atoms with E-state index in [1.807, 2.05) is 0 Å². The van der Waals surface area contributed by atoms with E-state index in [9.17, 15) is 17.6 Å². The lowest BCUT2D eigenvalue weighted by atomic mass is 10.1. The number of hydrogen-bond donors (Lipinski definition) is 0. The van der Waals surface area contributed by atoms with Crippen molar-refractivity contribution in [2.24, 2.45) is 0 Å². The van der Waals surface area contributed by atoms with Crippen LogP contribution in [0.5, 0.6) is 5.88 Å². The van der Waals surface area contributed by atoms with Gasteiger partial charge < -0.3 is 4.74 Å². The van der Waals surface area contributed by atoms with Crippen molar-refractivity contribution in [3.8, 4) is 23.0 Å². The molecule has 3 rings (SSSR count). The molecule has 0 aliphatic rings. The number of benzene rings is 1. The molecule has 0 fully saturated rings. The molecule has 3 aromatic rings. The molecule has 10 heteroatoms. The Morgan fingerprint density at radius 2 is 1.80 bits per heavy atom. The second kappa shape index (κ2) is 6.67. The van der Waals surface area contributed by atoms with Gasteiger partial charge in [-0.1, -0.05) is 22.9 Å². The van der Waals surface area contributed by atoms with Gasteiger partial charge in [-0.25, -0.2) is 8.78 Å². The third-order valence-corrected chi connectivity index (χ3v) is 3.60. The van der Waals surface area contributed by atoms with Gasteiger partial charge in [0, 0.05) is 6.07 Å². The van der Waals surface area contributed by atoms with Crippen LogP contribution in [0, 0.1) is 18.6 Å². The lowest BCUT2D eigenvalue weighted by molar-refractivity contribution is -0.0528. The average molecular weight is 373 g/mol. The Kier molecular flexibility index (Phi) is 4.58. The summed E-state index contributed by atoms with van der Waals surface area (Å²) in [5.74, 6) is -2.08. The highest BCUT2D eigenvalue weighted by Gasteiger charge is 2.21. The minimum absolute atomic E-state index is 0.0614. The predicted octanol–water partition coefficient (Wildman–Crippen LogP) is 4.17. The summed E-state index contributed by atoms with van der Waals surface area (Å²) in [6, 6.07) is 5.82. The third kappa shape index (κ3) is 3.27. The zero-order chi connectivity index (χ0) is 18.1. The molecule has 1 aromatic carbocycles. The maximum atomic E-state index is 14.0. The highest BCUT2D eigenvalue weighted by atomic mass is 35.5.